The molecule has 3 aromatic rings. The molecule has 0 unspecified atom stereocenters. The van der Waals surface area contributed by atoms with Crippen LogP contribution in [-0.4, -0.2) is 49.5 Å². The van der Waals surface area contributed by atoms with E-state index in [9.17, 15) is 9.90 Å². The number of benzene rings is 2. The normalized spacial score (nSPS) is 14.3. The molecule has 0 atom stereocenters. The van der Waals surface area contributed by atoms with Gasteiger partial charge in [-0.3, -0.25) is 0 Å². The van der Waals surface area contributed by atoms with Gasteiger partial charge >= 0.3 is 5.97 Å². The monoisotopic (exact) mass is 378 g/mol. The van der Waals surface area contributed by atoms with E-state index in [0.29, 0.717) is 37.5 Å². The fraction of sp³-hybridized carbons (Fsp3) is 0.273. The molecule has 6 heteroatoms. The van der Waals surface area contributed by atoms with Crippen LogP contribution in [0.15, 0.2) is 42.6 Å². The number of hydrogen-bond acceptors (Lipinski definition) is 5. The fourth-order valence-corrected chi connectivity index (χ4v) is 3.72. The van der Waals surface area contributed by atoms with Gasteiger partial charge in [0.1, 0.15) is 11.6 Å². The van der Waals surface area contributed by atoms with E-state index in [1.54, 1.807) is 19.2 Å². The number of nitrogens with zero attached hydrogens (tertiary/aromatic N) is 2. The Morgan fingerprint density at radius 2 is 1.96 bits per heavy atom. The largest absolute Gasteiger partial charge is 0.496 e. The summed E-state index contributed by atoms with van der Waals surface area (Å²) in [5, 5.41) is 11.3. The second kappa shape index (κ2) is 7.48. The average molecular weight is 378 g/mol. The molecule has 1 aromatic heterocycles. The number of pyridine rings is 1. The SMILES string of the molecule is COc1ccc(C)cc1-c1cnc(N2CCOCC2)c2c(C(=O)O)cccc12. The number of anilines is 1. The van der Waals surface area contributed by atoms with Crippen LogP contribution in [0.2, 0.25) is 0 Å². The third-order valence-electron chi connectivity index (χ3n) is 5.08. The van der Waals surface area contributed by atoms with Crippen molar-refractivity contribution in [3.63, 3.8) is 0 Å². The summed E-state index contributed by atoms with van der Waals surface area (Å²) < 4.78 is 11.0. The van der Waals surface area contributed by atoms with E-state index < -0.39 is 5.97 Å². The second-order valence-corrected chi connectivity index (χ2v) is 6.83. The molecule has 0 spiro atoms. The van der Waals surface area contributed by atoms with E-state index in [1.807, 2.05) is 37.4 Å². The van der Waals surface area contributed by atoms with Gasteiger partial charge < -0.3 is 19.5 Å². The van der Waals surface area contributed by atoms with Crippen molar-refractivity contribution in [2.45, 2.75) is 6.92 Å². The van der Waals surface area contributed by atoms with Gasteiger partial charge in [0, 0.05) is 35.8 Å². The average Bonchev–Trinajstić information content (AvgIpc) is 2.73. The molecule has 28 heavy (non-hydrogen) atoms. The molecule has 0 aliphatic carbocycles. The summed E-state index contributed by atoms with van der Waals surface area (Å²) in [6, 6.07) is 11.3. The van der Waals surface area contributed by atoms with Crippen molar-refractivity contribution in [3.05, 3.63) is 53.7 Å². The van der Waals surface area contributed by atoms with E-state index in [0.717, 1.165) is 27.8 Å². The Morgan fingerprint density at radius 3 is 2.68 bits per heavy atom. The highest BCUT2D eigenvalue weighted by molar-refractivity contribution is 6.12. The number of carboxylic acids is 1. The molecule has 1 fully saturated rings. The lowest BCUT2D eigenvalue weighted by Crippen LogP contribution is -2.37. The minimum absolute atomic E-state index is 0.250. The number of methoxy groups -OCH3 is 1. The van der Waals surface area contributed by atoms with Crippen molar-refractivity contribution in [2.24, 2.45) is 0 Å². The molecule has 2 aromatic carbocycles. The van der Waals surface area contributed by atoms with Crippen LogP contribution in [0.25, 0.3) is 21.9 Å². The lowest BCUT2D eigenvalue weighted by atomic mass is 9.95. The van der Waals surface area contributed by atoms with Gasteiger partial charge in [-0.25, -0.2) is 9.78 Å². The lowest BCUT2D eigenvalue weighted by Gasteiger charge is -2.29. The topological polar surface area (TPSA) is 71.9 Å². The predicted molar refractivity (Wildman–Crippen MR) is 108 cm³/mol. The number of carboxylic acid groups (broad SMARTS) is 1. The van der Waals surface area contributed by atoms with Crippen molar-refractivity contribution >= 4 is 22.6 Å². The van der Waals surface area contributed by atoms with Gasteiger partial charge in [-0.1, -0.05) is 23.8 Å². The number of morpholine rings is 1. The van der Waals surface area contributed by atoms with Crippen LogP contribution in [0.3, 0.4) is 0 Å². The van der Waals surface area contributed by atoms with Gasteiger partial charge in [-0.2, -0.15) is 0 Å². The molecule has 6 nitrogen and oxygen atoms in total. The first-order chi connectivity index (χ1) is 13.6. The molecule has 0 radical (unpaired) electrons. The molecule has 1 N–H and O–H groups in total. The predicted octanol–water partition coefficient (Wildman–Crippen LogP) is 3.75. The van der Waals surface area contributed by atoms with Gasteiger partial charge in [0.25, 0.3) is 0 Å². The number of aryl methyl sites for hydroxylation is 1. The van der Waals surface area contributed by atoms with Crippen molar-refractivity contribution in [1.82, 2.24) is 4.98 Å². The van der Waals surface area contributed by atoms with Crippen molar-refractivity contribution in [2.75, 3.05) is 38.3 Å². The summed E-state index contributed by atoms with van der Waals surface area (Å²) in [6.45, 7) is 4.59. The van der Waals surface area contributed by atoms with Crippen LogP contribution in [0.4, 0.5) is 5.82 Å². The van der Waals surface area contributed by atoms with Crippen LogP contribution in [0.5, 0.6) is 5.75 Å². The van der Waals surface area contributed by atoms with Crippen molar-refractivity contribution in [1.29, 1.82) is 0 Å². The lowest BCUT2D eigenvalue weighted by molar-refractivity contribution is 0.0699. The number of aromatic nitrogens is 1. The summed E-state index contributed by atoms with van der Waals surface area (Å²) in [4.78, 5) is 18.8. The Balaban J connectivity index is 2.02. The molecule has 0 saturated carbocycles. The van der Waals surface area contributed by atoms with Crippen LogP contribution in [0, 0.1) is 6.92 Å². The van der Waals surface area contributed by atoms with E-state index in [-0.39, 0.29) is 5.56 Å². The first-order valence-electron chi connectivity index (χ1n) is 9.23. The first-order valence-corrected chi connectivity index (χ1v) is 9.23. The summed E-state index contributed by atoms with van der Waals surface area (Å²) in [7, 11) is 1.63. The molecule has 1 saturated heterocycles. The quantitative estimate of drug-likeness (QED) is 0.745. The number of rotatable bonds is 4. The zero-order valence-electron chi connectivity index (χ0n) is 15.9. The van der Waals surface area contributed by atoms with E-state index in [2.05, 4.69) is 4.90 Å². The zero-order chi connectivity index (χ0) is 19.7. The first kappa shape index (κ1) is 18.3. The Bertz CT molecular complexity index is 1040. The Hall–Kier alpha value is -3.12. The third kappa shape index (κ3) is 3.16. The molecule has 2 heterocycles. The number of carbonyl (C=O) groups is 1. The fourth-order valence-electron chi connectivity index (χ4n) is 3.72. The molecule has 0 amide bonds. The highest BCUT2D eigenvalue weighted by Gasteiger charge is 2.22. The van der Waals surface area contributed by atoms with Gasteiger partial charge in [0.2, 0.25) is 0 Å². The van der Waals surface area contributed by atoms with Crippen molar-refractivity contribution < 1.29 is 19.4 Å². The summed E-state index contributed by atoms with van der Waals surface area (Å²) in [5.74, 6) is 0.454. The highest BCUT2D eigenvalue weighted by Crippen LogP contribution is 2.39. The minimum atomic E-state index is -0.963. The van der Waals surface area contributed by atoms with Crippen LogP contribution >= 0.6 is 0 Å². The molecule has 4 rings (SSSR count). The smallest absolute Gasteiger partial charge is 0.336 e. The molecule has 0 bridgehead atoms. The van der Waals surface area contributed by atoms with Crippen LogP contribution in [-0.2, 0) is 4.74 Å². The molecular formula is C22H22N2O4. The third-order valence-corrected chi connectivity index (χ3v) is 5.08. The highest BCUT2D eigenvalue weighted by atomic mass is 16.5. The molecular weight excluding hydrogens is 356 g/mol. The molecule has 144 valence electrons. The van der Waals surface area contributed by atoms with Crippen LogP contribution < -0.4 is 9.64 Å². The van der Waals surface area contributed by atoms with E-state index in [4.69, 9.17) is 14.5 Å². The molecule has 1 aliphatic heterocycles. The minimum Gasteiger partial charge on any atom is -0.496 e. The zero-order valence-corrected chi connectivity index (χ0v) is 15.9. The van der Waals surface area contributed by atoms with Gasteiger partial charge in [0.05, 0.1) is 25.9 Å². The van der Waals surface area contributed by atoms with E-state index in [1.165, 1.54) is 0 Å². The maximum absolute atomic E-state index is 12.0. The Kier molecular flexibility index (Phi) is 4.88. The van der Waals surface area contributed by atoms with Crippen LogP contribution in [0.1, 0.15) is 15.9 Å². The van der Waals surface area contributed by atoms with Gasteiger partial charge in [-0.05, 0) is 30.5 Å². The maximum atomic E-state index is 12.0. The van der Waals surface area contributed by atoms with E-state index >= 15 is 0 Å². The number of aromatic carboxylic acids is 1. The standard InChI is InChI=1S/C22H22N2O4/c1-14-6-7-19(27-2)17(12-14)18-13-23-21(24-8-10-28-11-9-24)20-15(18)4-3-5-16(20)22(25)26/h3-7,12-13H,8-11H2,1-2H3,(H,25,26). The van der Waals surface area contributed by atoms with Gasteiger partial charge in [0.15, 0.2) is 0 Å². The van der Waals surface area contributed by atoms with Crippen molar-refractivity contribution in [3.8, 4) is 16.9 Å². The second-order valence-electron chi connectivity index (χ2n) is 6.83. The van der Waals surface area contributed by atoms with Gasteiger partial charge in [-0.15, -0.1) is 0 Å². The maximum Gasteiger partial charge on any atom is 0.336 e. The Morgan fingerprint density at radius 1 is 1.18 bits per heavy atom. The summed E-state index contributed by atoms with van der Waals surface area (Å²) >= 11 is 0. The number of ether oxygens (including phenoxy) is 2. The summed E-state index contributed by atoms with van der Waals surface area (Å²) in [5.41, 5.74) is 3.10. The Labute approximate surface area is 163 Å². The molecule has 1 aliphatic rings. The summed E-state index contributed by atoms with van der Waals surface area (Å²) in [6.07, 6.45) is 1.82. The number of fused-ring (bicyclic) bond motifs is 1. The number of hydrogen-bond donors (Lipinski definition) is 1.